The summed E-state index contributed by atoms with van der Waals surface area (Å²) < 4.78 is 35.4. The Morgan fingerprint density at radius 1 is 0.541 bits per heavy atom. The molecule has 0 aromatic heterocycles. The van der Waals surface area contributed by atoms with E-state index in [4.69, 9.17) is 28.4 Å². The molecule has 6 aliphatic carbocycles. The van der Waals surface area contributed by atoms with Crippen LogP contribution in [0.2, 0.25) is 0 Å². The van der Waals surface area contributed by atoms with E-state index in [1.807, 2.05) is 36.4 Å². The second-order valence-electron chi connectivity index (χ2n) is 22.5. The molecule has 3 saturated heterocycles. The summed E-state index contributed by atoms with van der Waals surface area (Å²) in [7, 11) is 6.54. The third kappa shape index (κ3) is 6.75. The fourth-order valence-corrected chi connectivity index (χ4v) is 16.5. The van der Waals surface area contributed by atoms with Gasteiger partial charge >= 0.3 is 17.9 Å². The van der Waals surface area contributed by atoms with Crippen molar-refractivity contribution in [2.24, 2.45) is 17.8 Å². The summed E-state index contributed by atoms with van der Waals surface area (Å²) in [5, 5.41) is 31.0. The van der Waals surface area contributed by atoms with Crippen LogP contribution in [0.4, 0.5) is 0 Å². The molecule has 3 fully saturated rings. The van der Waals surface area contributed by atoms with Gasteiger partial charge in [-0.1, -0.05) is 49.9 Å². The van der Waals surface area contributed by atoms with Gasteiger partial charge in [-0.25, -0.2) is 0 Å². The summed E-state index contributed by atoms with van der Waals surface area (Å²) in [4.78, 5) is 42.1. The van der Waals surface area contributed by atoms with Crippen molar-refractivity contribution in [3.05, 3.63) is 106 Å². The van der Waals surface area contributed by atoms with Gasteiger partial charge in [-0.2, -0.15) is 0 Å². The van der Waals surface area contributed by atoms with Crippen molar-refractivity contribution in [1.82, 2.24) is 14.7 Å². The molecule has 15 atom stereocenters. The van der Waals surface area contributed by atoms with Crippen molar-refractivity contribution in [3.63, 3.8) is 0 Å². The number of hydrogen-bond acceptors (Lipinski definition) is 15. The number of piperidine rings is 3. The van der Waals surface area contributed by atoms with Crippen LogP contribution in [-0.2, 0) is 59.4 Å². The highest BCUT2D eigenvalue weighted by Crippen LogP contribution is 2.66. The first-order chi connectivity index (χ1) is 34.6. The van der Waals surface area contributed by atoms with Crippen LogP contribution in [0, 0.1) is 17.8 Å². The van der Waals surface area contributed by atoms with E-state index in [0.717, 1.165) is 69.3 Å². The molecule has 12 aliphatic rings. The Bertz CT molecular complexity index is 2940. The second kappa shape index (κ2) is 17.6. The number of aliphatic hydroxyl groups is 1. The quantitative estimate of drug-likeness (QED) is 0.135. The second-order valence-corrected chi connectivity index (χ2v) is 22.5. The van der Waals surface area contributed by atoms with Crippen molar-refractivity contribution in [1.29, 1.82) is 0 Å². The summed E-state index contributed by atoms with van der Waals surface area (Å²) in [6.07, 6.45) is 15.9. The fourth-order valence-electron chi connectivity index (χ4n) is 16.5. The number of carbonyl (C=O) groups is 3. The summed E-state index contributed by atoms with van der Waals surface area (Å²) in [6.45, 7) is 7.20. The highest BCUT2D eigenvalue weighted by atomic mass is 16.6. The van der Waals surface area contributed by atoms with Crippen LogP contribution in [0.1, 0.15) is 80.8 Å². The van der Waals surface area contributed by atoms with Crippen molar-refractivity contribution in [2.45, 2.75) is 138 Å². The average Bonchev–Trinajstić information content (AvgIpc) is 4.01. The summed E-state index contributed by atoms with van der Waals surface area (Å²) in [6, 6.07) is 12.7. The van der Waals surface area contributed by atoms with E-state index in [1.54, 1.807) is 12.1 Å². The van der Waals surface area contributed by atoms with Crippen molar-refractivity contribution in [2.75, 3.05) is 40.8 Å². The summed E-state index contributed by atoms with van der Waals surface area (Å²) in [5.41, 5.74) is 6.66. The van der Waals surface area contributed by atoms with Gasteiger partial charge in [-0.05, 0) is 126 Å². The van der Waals surface area contributed by atoms with Gasteiger partial charge in [-0.15, -0.1) is 0 Å². The van der Waals surface area contributed by atoms with E-state index in [1.165, 1.54) is 43.0 Å². The number of likely N-dealkylation sites (tertiary alicyclic amines) is 3. The first-order valence-corrected chi connectivity index (χ1v) is 25.8. The maximum atomic E-state index is 11.7. The van der Waals surface area contributed by atoms with Gasteiger partial charge in [0.15, 0.2) is 46.7 Å². The van der Waals surface area contributed by atoms with Gasteiger partial charge in [-0.3, -0.25) is 14.4 Å². The molecular weight excluding hydrogens is 941 g/mol. The maximum absolute atomic E-state index is 11.7. The topological polar surface area (TPSA) is 177 Å². The van der Waals surface area contributed by atoms with E-state index in [-0.39, 0.29) is 85.7 Å². The van der Waals surface area contributed by atoms with Crippen LogP contribution >= 0.6 is 0 Å². The Morgan fingerprint density at radius 3 is 1.35 bits per heavy atom. The van der Waals surface area contributed by atoms with Gasteiger partial charge in [0, 0.05) is 98.0 Å². The largest absolute Gasteiger partial charge is 0.504 e. The van der Waals surface area contributed by atoms with E-state index in [9.17, 15) is 29.7 Å². The van der Waals surface area contributed by atoms with Gasteiger partial charge < -0.3 is 58.4 Å². The number of ether oxygens (including phenoxy) is 6. The monoisotopic (exact) mass is 1010 g/mol. The lowest BCUT2D eigenvalue weighted by Crippen LogP contribution is -2.65. The summed E-state index contributed by atoms with van der Waals surface area (Å²) in [5.74, 6) is 2.71. The van der Waals surface area contributed by atoms with Crippen LogP contribution < -0.4 is 18.9 Å². The molecule has 3 spiro atoms. The zero-order chi connectivity index (χ0) is 49.9. The zero-order valence-electron chi connectivity index (χ0n) is 42.2. The Morgan fingerprint density at radius 2 is 0.919 bits per heavy atom. The average molecular weight is 1010 g/mol. The third-order valence-electron chi connectivity index (χ3n) is 19.3. The van der Waals surface area contributed by atoms with Gasteiger partial charge in [0.05, 0.1) is 0 Å². The van der Waals surface area contributed by atoms with Crippen LogP contribution in [0.25, 0.3) is 0 Å². The van der Waals surface area contributed by atoms with Gasteiger partial charge in [0.25, 0.3) is 0 Å². The number of phenols is 2. The molecule has 16 heteroatoms. The zero-order valence-corrected chi connectivity index (χ0v) is 42.2. The normalized spacial score (nSPS) is 37.4. The number of aromatic hydroxyl groups is 2. The molecule has 6 aliphatic heterocycles. The molecule has 3 radical (unpaired) electrons. The smallest absolute Gasteiger partial charge is 0.308 e. The van der Waals surface area contributed by atoms with Crippen LogP contribution in [0.5, 0.6) is 34.5 Å². The highest BCUT2D eigenvalue weighted by molar-refractivity contribution is 5.76. The van der Waals surface area contributed by atoms with Crippen molar-refractivity contribution >= 4 is 26.3 Å². The Kier molecular flexibility index (Phi) is 12.0. The highest BCUT2D eigenvalue weighted by Gasteiger charge is 2.68. The SMILES string of the molecule is C.CC(=O)O[C@H]1C=CC2[C@H]3Cc4ccc(O)c5c4[C@@]2(CCN3C)[C@H]1O5.CC(=O)Oc1ccc2c3c1O[C@H]1[C@@H](OC(C)=O)C=CC4[C@@H](C2)N(C)CC[C@@]341.CN1CC[C@]23c4c5ccc(O)c4O[C@H]2C(O)C=CC3[C@H]1C5.[B]. The Labute approximate surface area is 434 Å². The molecule has 3 aromatic carbocycles. The molecule has 15 rings (SSSR count). The molecular formula is C58H67BN3O12. The van der Waals surface area contributed by atoms with Crippen LogP contribution in [-0.4, -0.2) is 152 Å². The third-order valence-corrected chi connectivity index (χ3v) is 19.3. The van der Waals surface area contributed by atoms with Crippen LogP contribution in [0.15, 0.2) is 72.9 Å². The van der Waals surface area contributed by atoms with Crippen LogP contribution in [0.3, 0.4) is 0 Å². The van der Waals surface area contributed by atoms with E-state index >= 15 is 0 Å². The molecule has 0 saturated carbocycles. The Hall–Kier alpha value is -5.81. The van der Waals surface area contributed by atoms with E-state index in [2.05, 4.69) is 60.1 Å². The van der Waals surface area contributed by atoms with E-state index < -0.39 is 18.3 Å². The molecule has 389 valence electrons. The minimum absolute atomic E-state index is 0. The van der Waals surface area contributed by atoms with Crippen molar-refractivity contribution < 1.29 is 58.1 Å². The lowest BCUT2D eigenvalue weighted by Gasteiger charge is -2.56. The predicted molar refractivity (Wildman–Crippen MR) is 274 cm³/mol. The molecule has 15 nitrogen and oxygen atoms in total. The lowest BCUT2D eigenvalue weighted by molar-refractivity contribution is -0.153. The number of phenolic OH excluding ortho intramolecular Hbond substituents is 2. The number of aliphatic hydroxyl groups excluding tert-OH is 1. The molecule has 6 heterocycles. The lowest BCUT2D eigenvalue weighted by atomic mass is 9.53. The minimum Gasteiger partial charge on any atom is -0.504 e. The molecule has 4 unspecified atom stereocenters. The number of likely N-dealkylation sites (N-methyl/N-ethyl adjacent to an activating group) is 3. The maximum Gasteiger partial charge on any atom is 0.308 e. The number of benzene rings is 3. The van der Waals surface area contributed by atoms with Gasteiger partial charge in [0.2, 0.25) is 0 Å². The first-order valence-electron chi connectivity index (χ1n) is 25.8. The fraction of sp³-hybridized carbons (Fsp3) is 0.534. The molecule has 3 N–H and O–H groups in total. The predicted octanol–water partition coefficient (Wildman–Crippen LogP) is 5.21. The molecule has 0 amide bonds. The molecule has 74 heavy (non-hydrogen) atoms. The number of esters is 3. The van der Waals surface area contributed by atoms with Gasteiger partial charge in [0.1, 0.15) is 24.4 Å². The summed E-state index contributed by atoms with van der Waals surface area (Å²) >= 11 is 0. The number of rotatable bonds is 3. The minimum atomic E-state index is -0.594. The molecule has 6 bridgehead atoms. The van der Waals surface area contributed by atoms with Crippen molar-refractivity contribution in [3.8, 4) is 34.5 Å². The standard InChI is InChI=1S/C21H23NO5.C19H21NO4.C17H19NO3.CH4.B/c1-11(23)25-16-6-4-13-10-15-14-5-7-17(26-12(2)24)20-21(14,8-9-22(15)3)18(13)19(16)27-20;1-10(21)23-15-6-4-12-13-9-11-3-5-14(22)17-16(11)19(12,18(15)24-17)7-8-20(13)2;1-18-7-6-17-10-3-5-13(20)16(17)21-15-12(19)4-2-9(14(15)17)8-11(10)18;;/h4-7,14-15,17,20H,8-10H2,1-3H3;3-6,12-13,15,18,22H,7-9H2,1-2H3;2-5,10-11,13,16,19-20H,6-8H2,1H3;1H4;/t14?,15-,17+,20+,21+;12?,13-,15+,18+,19+;10?,11-,13?,16+,17+;;/m111../s1. The number of carbonyl (C=O) groups excluding carboxylic acids is 3. The Balaban J connectivity index is 0.000000118. The molecule has 3 aromatic rings. The first kappa shape index (κ1) is 50.4. The van der Waals surface area contributed by atoms with E-state index in [0.29, 0.717) is 53.0 Å². The number of hydrogen-bond donors (Lipinski definition) is 3. The number of nitrogens with zero attached hydrogens (tertiary/aromatic N) is 3.